The van der Waals surface area contributed by atoms with Gasteiger partial charge in [-0.2, -0.15) is 0 Å². The van der Waals surface area contributed by atoms with E-state index < -0.39 is 6.10 Å². The van der Waals surface area contributed by atoms with Crippen LogP contribution < -0.4 is 4.90 Å². The quantitative estimate of drug-likeness (QED) is 0.625. The summed E-state index contributed by atoms with van der Waals surface area (Å²) in [6.07, 6.45) is 4.38. The fraction of sp³-hybridized carbons (Fsp3) is 0.182. The van der Waals surface area contributed by atoms with E-state index in [1.807, 2.05) is 30.3 Å². The van der Waals surface area contributed by atoms with Gasteiger partial charge in [0.15, 0.2) is 6.10 Å². The van der Waals surface area contributed by atoms with Crippen molar-refractivity contribution >= 4 is 11.8 Å². The van der Waals surface area contributed by atoms with Gasteiger partial charge in [-0.25, -0.2) is 4.79 Å². The Labute approximate surface area is 82.3 Å². The topological polar surface area (TPSA) is 29.5 Å². The minimum Gasteiger partial charge on any atom is -0.431 e. The average Bonchev–Trinajstić information content (AvgIpc) is 2.61. The van der Waals surface area contributed by atoms with Gasteiger partial charge in [0.05, 0.1) is 6.54 Å². The standard InChI is InChI=1S/C11H9NO2/c1-2-10-8-12(11(13)14-10)9-6-4-3-5-7-9/h1,3-7,10H,8H2. The molecule has 1 amide bonds. The second kappa shape index (κ2) is 3.43. The Morgan fingerprint density at radius 2 is 2.14 bits per heavy atom. The largest absolute Gasteiger partial charge is 0.431 e. The van der Waals surface area contributed by atoms with Gasteiger partial charge in [-0.1, -0.05) is 24.1 Å². The van der Waals surface area contributed by atoms with E-state index in [9.17, 15) is 4.79 Å². The molecule has 0 radical (unpaired) electrons. The molecule has 3 heteroatoms. The zero-order valence-corrected chi connectivity index (χ0v) is 7.51. The number of nitrogens with zero attached hydrogens (tertiary/aromatic N) is 1. The number of benzene rings is 1. The lowest BCUT2D eigenvalue weighted by molar-refractivity contribution is 0.163. The van der Waals surface area contributed by atoms with E-state index in [1.165, 1.54) is 4.90 Å². The van der Waals surface area contributed by atoms with Gasteiger partial charge in [0.25, 0.3) is 0 Å². The number of terminal acetylenes is 1. The Morgan fingerprint density at radius 3 is 2.71 bits per heavy atom. The van der Waals surface area contributed by atoms with E-state index in [-0.39, 0.29) is 6.09 Å². The normalized spacial score (nSPS) is 20.4. The number of ether oxygens (including phenoxy) is 1. The number of rotatable bonds is 1. The van der Waals surface area contributed by atoms with E-state index in [4.69, 9.17) is 11.2 Å². The highest BCUT2D eigenvalue weighted by atomic mass is 16.6. The summed E-state index contributed by atoms with van der Waals surface area (Å²) < 4.78 is 4.93. The fourth-order valence-corrected chi connectivity index (χ4v) is 1.37. The van der Waals surface area contributed by atoms with Crippen LogP contribution in [0.3, 0.4) is 0 Å². The van der Waals surface area contributed by atoms with Crippen LogP contribution in [0.5, 0.6) is 0 Å². The highest BCUT2D eigenvalue weighted by Crippen LogP contribution is 2.20. The van der Waals surface area contributed by atoms with Crippen LogP contribution in [0.25, 0.3) is 0 Å². The van der Waals surface area contributed by atoms with Crippen molar-refractivity contribution in [1.82, 2.24) is 0 Å². The molecule has 1 heterocycles. The van der Waals surface area contributed by atoms with Crippen LogP contribution >= 0.6 is 0 Å². The molecular weight excluding hydrogens is 178 g/mol. The molecule has 1 aliphatic heterocycles. The Kier molecular flexibility index (Phi) is 2.11. The maximum Gasteiger partial charge on any atom is 0.415 e. The van der Waals surface area contributed by atoms with Crippen molar-refractivity contribution in [3.05, 3.63) is 30.3 Å². The molecule has 3 nitrogen and oxygen atoms in total. The molecule has 0 spiro atoms. The van der Waals surface area contributed by atoms with Gasteiger partial charge >= 0.3 is 6.09 Å². The van der Waals surface area contributed by atoms with Crippen molar-refractivity contribution in [3.8, 4) is 12.3 Å². The zero-order chi connectivity index (χ0) is 9.97. The monoisotopic (exact) mass is 187 g/mol. The molecule has 14 heavy (non-hydrogen) atoms. The van der Waals surface area contributed by atoms with Gasteiger partial charge in [0, 0.05) is 5.69 Å². The Balaban J connectivity index is 2.22. The van der Waals surface area contributed by atoms with Crippen LogP contribution in [0.1, 0.15) is 0 Å². The van der Waals surface area contributed by atoms with Gasteiger partial charge in [0.2, 0.25) is 0 Å². The minimum absolute atomic E-state index is 0.376. The second-order valence-corrected chi connectivity index (χ2v) is 2.99. The minimum atomic E-state index is -0.428. The van der Waals surface area contributed by atoms with E-state index in [1.54, 1.807) is 0 Å². The third kappa shape index (κ3) is 1.42. The molecule has 70 valence electrons. The van der Waals surface area contributed by atoms with Crippen molar-refractivity contribution in [2.75, 3.05) is 11.4 Å². The Hall–Kier alpha value is -1.95. The number of hydrogen-bond acceptors (Lipinski definition) is 2. The van der Waals surface area contributed by atoms with Crippen LogP contribution in [-0.4, -0.2) is 18.7 Å². The van der Waals surface area contributed by atoms with Crippen LogP contribution in [0.2, 0.25) is 0 Å². The van der Waals surface area contributed by atoms with E-state index in [0.717, 1.165) is 5.69 Å². The molecule has 1 atom stereocenters. The van der Waals surface area contributed by atoms with Crippen molar-refractivity contribution in [2.24, 2.45) is 0 Å². The summed E-state index contributed by atoms with van der Waals surface area (Å²) in [4.78, 5) is 12.9. The summed E-state index contributed by atoms with van der Waals surface area (Å²) in [6.45, 7) is 0.430. The highest BCUT2D eigenvalue weighted by Gasteiger charge is 2.30. The number of amides is 1. The fourth-order valence-electron chi connectivity index (χ4n) is 1.37. The van der Waals surface area contributed by atoms with E-state index in [2.05, 4.69) is 5.92 Å². The molecule has 0 bridgehead atoms. The molecule has 1 saturated heterocycles. The predicted molar refractivity (Wildman–Crippen MR) is 52.9 cm³/mol. The number of anilines is 1. The summed E-state index contributed by atoms with van der Waals surface area (Å²) in [5.74, 6) is 2.41. The Morgan fingerprint density at radius 1 is 1.43 bits per heavy atom. The maximum absolute atomic E-state index is 11.4. The van der Waals surface area contributed by atoms with Crippen LogP contribution in [0.15, 0.2) is 30.3 Å². The molecule has 0 saturated carbocycles. The van der Waals surface area contributed by atoms with Crippen LogP contribution in [0.4, 0.5) is 10.5 Å². The average molecular weight is 187 g/mol. The summed E-state index contributed by atoms with van der Waals surface area (Å²) in [6, 6.07) is 9.32. The number of carbonyl (C=O) groups is 1. The number of cyclic esters (lactones) is 1. The van der Waals surface area contributed by atoms with Crippen LogP contribution in [-0.2, 0) is 4.74 Å². The lowest BCUT2D eigenvalue weighted by atomic mass is 10.3. The lowest BCUT2D eigenvalue weighted by Crippen LogP contribution is -2.23. The first-order chi connectivity index (χ1) is 6.81. The molecule has 2 rings (SSSR count). The third-order valence-electron chi connectivity index (χ3n) is 2.07. The highest BCUT2D eigenvalue weighted by molar-refractivity contribution is 5.90. The van der Waals surface area contributed by atoms with Crippen molar-refractivity contribution < 1.29 is 9.53 Å². The first kappa shape index (κ1) is 8.64. The summed E-state index contributed by atoms with van der Waals surface area (Å²) in [7, 11) is 0. The lowest BCUT2D eigenvalue weighted by Gasteiger charge is -2.11. The van der Waals surface area contributed by atoms with Gasteiger partial charge < -0.3 is 4.74 Å². The molecule has 1 aromatic rings. The molecular formula is C11H9NO2. The van der Waals surface area contributed by atoms with Crippen molar-refractivity contribution in [3.63, 3.8) is 0 Å². The van der Waals surface area contributed by atoms with Crippen molar-refractivity contribution in [2.45, 2.75) is 6.10 Å². The van der Waals surface area contributed by atoms with E-state index in [0.29, 0.717) is 6.54 Å². The molecule has 1 fully saturated rings. The summed E-state index contributed by atoms with van der Waals surface area (Å²) >= 11 is 0. The molecule has 1 aliphatic rings. The summed E-state index contributed by atoms with van der Waals surface area (Å²) in [5, 5.41) is 0. The Bertz CT molecular complexity index is 380. The third-order valence-corrected chi connectivity index (χ3v) is 2.07. The van der Waals surface area contributed by atoms with E-state index >= 15 is 0 Å². The van der Waals surface area contributed by atoms with Gasteiger partial charge in [-0.05, 0) is 12.1 Å². The van der Waals surface area contributed by atoms with Gasteiger partial charge in [0.1, 0.15) is 0 Å². The molecule has 0 aromatic heterocycles. The molecule has 0 aliphatic carbocycles. The smallest absolute Gasteiger partial charge is 0.415 e. The molecule has 1 aromatic carbocycles. The number of carbonyl (C=O) groups excluding carboxylic acids is 1. The first-order valence-electron chi connectivity index (χ1n) is 4.30. The predicted octanol–water partition coefficient (Wildman–Crippen LogP) is 1.65. The summed E-state index contributed by atoms with van der Waals surface area (Å²) in [5.41, 5.74) is 0.815. The van der Waals surface area contributed by atoms with Crippen molar-refractivity contribution in [1.29, 1.82) is 0 Å². The second-order valence-electron chi connectivity index (χ2n) is 2.99. The van der Waals surface area contributed by atoms with Gasteiger partial charge in [-0.15, -0.1) is 6.42 Å². The number of hydrogen-bond donors (Lipinski definition) is 0. The molecule has 1 unspecified atom stereocenters. The SMILES string of the molecule is C#CC1CN(c2ccccc2)C(=O)O1. The maximum atomic E-state index is 11.4. The first-order valence-corrected chi connectivity index (χ1v) is 4.30. The van der Waals surface area contributed by atoms with Crippen LogP contribution in [0, 0.1) is 12.3 Å². The zero-order valence-electron chi connectivity index (χ0n) is 7.51. The van der Waals surface area contributed by atoms with Gasteiger partial charge in [-0.3, -0.25) is 4.90 Å². The number of para-hydroxylation sites is 1. The molecule has 0 N–H and O–H groups in total.